The fourth-order valence-electron chi connectivity index (χ4n) is 0. The molecule has 0 aliphatic heterocycles. The van der Waals surface area contributed by atoms with Crippen LogP contribution in [0, 0.1) is 0 Å². The van der Waals surface area contributed by atoms with Crippen molar-refractivity contribution in [3.8, 4) is 0 Å². The van der Waals surface area contributed by atoms with Crippen molar-refractivity contribution in [2.24, 2.45) is 0 Å². The number of hydrogen-bond donors (Lipinski definition) is 1. The second-order valence-corrected chi connectivity index (χ2v) is 1.41. The second kappa shape index (κ2) is 7.55. The summed E-state index contributed by atoms with van der Waals surface area (Å²) in [5.41, 5.74) is 0. The molecule has 0 unspecified atom stereocenters. The fraction of sp³-hybridized carbons (Fsp3) is 0. The van der Waals surface area contributed by atoms with Crippen LogP contribution in [-0.2, 0) is 21.6 Å². The molecule has 0 saturated heterocycles. The van der Waals surface area contributed by atoms with Gasteiger partial charge in [0.05, 0.1) is 7.82 Å². The van der Waals surface area contributed by atoms with E-state index in [0.29, 0.717) is 0 Å². The van der Waals surface area contributed by atoms with E-state index in [1.807, 2.05) is 0 Å². The SMILES string of the molecule is O.O.O=P([O-])([O-])O.[Fe+2]. The minimum Gasteiger partial charge on any atom is -0.790 e. The van der Waals surface area contributed by atoms with Crippen molar-refractivity contribution in [1.29, 1.82) is 0 Å². The van der Waals surface area contributed by atoms with Gasteiger partial charge in [0.25, 0.3) is 0 Å². The molecule has 0 amide bonds. The van der Waals surface area contributed by atoms with Crippen molar-refractivity contribution in [2.75, 3.05) is 0 Å². The smallest absolute Gasteiger partial charge is 0.790 e. The van der Waals surface area contributed by atoms with Crippen LogP contribution in [0.1, 0.15) is 0 Å². The number of phosphoric acid groups is 1. The molecule has 0 aliphatic rings. The largest absolute Gasteiger partial charge is 2.00 e. The van der Waals surface area contributed by atoms with Gasteiger partial charge in [-0.2, -0.15) is 0 Å². The maximum Gasteiger partial charge on any atom is 2.00 e. The van der Waals surface area contributed by atoms with Gasteiger partial charge in [0, 0.05) is 0 Å². The third-order valence-corrected chi connectivity index (χ3v) is 0. The molecular formula is H5FeO6P. The molecule has 0 rings (SSSR count). The molecule has 0 aromatic heterocycles. The molecule has 0 aromatic rings. The van der Waals surface area contributed by atoms with Crippen LogP contribution in [-0.4, -0.2) is 15.8 Å². The van der Waals surface area contributed by atoms with Crippen LogP contribution in [0.5, 0.6) is 0 Å². The maximum absolute atomic E-state index is 8.66. The molecule has 0 spiro atoms. The summed E-state index contributed by atoms with van der Waals surface area (Å²) in [6.07, 6.45) is 0. The maximum atomic E-state index is 8.66. The summed E-state index contributed by atoms with van der Waals surface area (Å²) in [5, 5.41) is 0. The van der Waals surface area contributed by atoms with Gasteiger partial charge in [0.2, 0.25) is 0 Å². The van der Waals surface area contributed by atoms with Crippen LogP contribution >= 0.6 is 7.82 Å². The van der Waals surface area contributed by atoms with Gasteiger partial charge in [-0.3, -0.25) is 0 Å². The van der Waals surface area contributed by atoms with Crippen molar-refractivity contribution in [3.63, 3.8) is 0 Å². The number of rotatable bonds is 0. The van der Waals surface area contributed by atoms with Gasteiger partial charge >= 0.3 is 17.1 Å². The summed E-state index contributed by atoms with van der Waals surface area (Å²) in [6.45, 7) is 0. The van der Waals surface area contributed by atoms with Gasteiger partial charge in [-0.25, -0.2) is 0 Å². The first kappa shape index (κ1) is 23.5. The van der Waals surface area contributed by atoms with E-state index in [1.165, 1.54) is 0 Å². The summed E-state index contributed by atoms with van der Waals surface area (Å²) < 4.78 is 8.66. The fourth-order valence-corrected chi connectivity index (χ4v) is 0. The predicted molar refractivity (Wildman–Crippen MR) is 17.1 cm³/mol. The molecule has 0 saturated carbocycles. The van der Waals surface area contributed by atoms with Crippen LogP contribution in [0.25, 0.3) is 0 Å². The minimum atomic E-state index is -5.14. The second-order valence-electron chi connectivity index (χ2n) is 0.469. The summed E-state index contributed by atoms with van der Waals surface area (Å²) in [6, 6.07) is 0. The van der Waals surface area contributed by atoms with Gasteiger partial charge in [0.15, 0.2) is 0 Å². The van der Waals surface area contributed by atoms with Gasteiger partial charge < -0.3 is 30.2 Å². The summed E-state index contributed by atoms with van der Waals surface area (Å²) in [7, 11) is -5.14. The van der Waals surface area contributed by atoms with Crippen LogP contribution in [0.15, 0.2) is 0 Å². The molecule has 0 bridgehead atoms. The summed E-state index contributed by atoms with van der Waals surface area (Å²) in [5.74, 6) is 0. The zero-order valence-corrected chi connectivity index (χ0v) is 5.47. The molecule has 0 atom stereocenters. The Morgan fingerprint density at radius 3 is 1.25 bits per heavy atom. The first-order chi connectivity index (χ1) is 2.00. The van der Waals surface area contributed by atoms with E-state index in [-0.39, 0.29) is 28.0 Å². The molecule has 5 N–H and O–H groups in total. The molecule has 0 aliphatic carbocycles. The van der Waals surface area contributed by atoms with E-state index >= 15 is 0 Å². The summed E-state index contributed by atoms with van der Waals surface area (Å²) in [4.78, 5) is 24.3. The topological polar surface area (TPSA) is 146 Å². The molecule has 0 radical (unpaired) electrons. The van der Waals surface area contributed by atoms with Gasteiger partial charge in [0.1, 0.15) is 0 Å². The zero-order chi connectivity index (χ0) is 4.50. The molecule has 54 valence electrons. The van der Waals surface area contributed by atoms with E-state index < -0.39 is 7.82 Å². The Bertz CT molecular complexity index is 54.7. The molecule has 8 heteroatoms. The number of hydrogen-bond acceptors (Lipinski definition) is 3. The van der Waals surface area contributed by atoms with E-state index in [4.69, 9.17) is 19.2 Å². The Balaban J connectivity index is -0.0000000267. The van der Waals surface area contributed by atoms with Crippen molar-refractivity contribution < 1.29 is 47.3 Å². The Morgan fingerprint density at radius 1 is 1.25 bits per heavy atom. The molecular weight excluding hydrogens is 183 g/mol. The van der Waals surface area contributed by atoms with E-state index in [2.05, 4.69) is 0 Å². The molecule has 0 fully saturated rings. The third-order valence-electron chi connectivity index (χ3n) is 0. The van der Waals surface area contributed by atoms with E-state index in [0.717, 1.165) is 0 Å². The van der Waals surface area contributed by atoms with Gasteiger partial charge in [-0.05, 0) is 0 Å². The Hall–Kier alpha value is 0.549. The molecule has 0 heterocycles. The van der Waals surface area contributed by atoms with Crippen LogP contribution in [0.3, 0.4) is 0 Å². The molecule has 8 heavy (non-hydrogen) atoms. The molecule has 0 aromatic carbocycles. The average molecular weight is 188 g/mol. The van der Waals surface area contributed by atoms with Crippen molar-refractivity contribution >= 4 is 7.82 Å². The van der Waals surface area contributed by atoms with E-state index in [1.54, 1.807) is 0 Å². The Kier molecular flexibility index (Phi) is 22.2. The quantitative estimate of drug-likeness (QED) is 0.306. The van der Waals surface area contributed by atoms with Crippen LogP contribution in [0.4, 0.5) is 0 Å². The molecule has 6 nitrogen and oxygen atoms in total. The third kappa shape index (κ3) is 668. The Morgan fingerprint density at radius 2 is 1.25 bits per heavy atom. The van der Waals surface area contributed by atoms with Crippen LogP contribution in [0.2, 0.25) is 0 Å². The first-order valence-electron chi connectivity index (χ1n) is 0.748. The van der Waals surface area contributed by atoms with E-state index in [9.17, 15) is 0 Å². The monoisotopic (exact) mass is 188 g/mol. The van der Waals surface area contributed by atoms with Crippen LogP contribution < -0.4 is 9.79 Å². The first-order valence-corrected chi connectivity index (χ1v) is 2.24. The minimum absolute atomic E-state index is 0. The zero-order valence-electron chi connectivity index (χ0n) is 3.47. The normalized spacial score (nSPS) is 7.38. The van der Waals surface area contributed by atoms with Gasteiger partial charge in [-0.1, -0.05) is 0 Å². The average Bonchev–Trinajstić information content (AvgIpc) is 0.722. The predicted octanol–water partition coefficient (Wildman–Crippen LogP) is -3.84. The summed E-state index contributed by atoms with van der Waals surface area (Å²) >= 11 is 0. The van der Waals surface area contributed by atoms with Crippen molar-refractivity contribution in [2.45, 2.75) is 0 Å². The Labute approximate surface area is 55.9 Å². The van der Waals surface area contributed by atoms with Crippen molar-refractivity contribution in [1.82, 2.24) is 0 Å². The van der Waals surface area contributed by atoms with Crippen molar-refractivity contribution in [3.05, 3.63) is 0 Å². The standard InChI is InChI=1S/Fe.H3O4P.2H2O/c;1-5(2,3)4;;/h;(H3,1,2,3,4);2*1H2/q+2;;;/p-2. The van der Waals surface area contributed by atoms with Gasteiger partial charge in [-0.15, -0.1) is 0 Å².